The first-order valence-corrected chi connectivity index (χ1v) is 24.6. The summed E-state index contributed by atoms with van der Waals surface area (Å²) in [4.78, 5) is 12.0. The SMILES string of the molecule is CC1C(c2ccccc2)=NC(c2ccc(-c3ccc(-c4sc5c(c(-c6ccccc6)nc6ccccc65)c4-c4cccc(-n5c6ccccc6c6ccccc65)c4)cc3)cc2)=CC1c1ccccc1. The molecule has 12 aromatic rings. The van der Waals surface area contributed by atoms with E-state index in [2.05, 4.69) is 254 Å². The van der Waals surface area contributed by atoms with E-state index in [9.17, 15) is 0 Å². The van der Waals surface area contributed by atoms with Crippen LogP contribution in [-0.2, 0) is 0 Å². The van der Waals surface area contributed by atoms with Gasteiger partial charge in [0.1, 0.15) is 0 Å². The number of aromatic nitrogens is 2. The summed E-state index contributed by atoms with van der Waals surface area (Å²) in [5.41, 5.74) is 18.2. The molecule has 0 saturated carbocycles. The van der Waals surface area contributed by atoms with Crippen LogP contribution in [0.4, 0.5) is 0 Å². The molecule has 13 rings (SSSR count). The summed E-state index contributed by atoms with van der Waals surface area (Å²) in [5, 5.41) is 4.84. The van der Waals surface area contributed by atoms with Crippen LogP contribution < -0.4 is 0 Å². The lowest BCUT2D eigenvalue weighted by Crippen LogP contribution is -2.23. The van der Waals surface area contributed by atoms with Gasteiger partial charge in [0, 0.05) is 59.8 Å². The van der Waals surface area contributed by atoms with Crippen molar-refractivity contribution in [3.05, 3.63) is 259 Å². The van der Waals surface area contributed by atoms with E-state index in [0.29, 0.717) is 0 Å². The van der Waals surface area contributed by atoms with Gasteiger partial charge in [-0.1, -0.05) is 213 Å². The highest BCUT2D eigenvalue weighted by molar-refractivity contribution is 7.24. The summed E-state index contributed by atoms with van der Waals surface area (Å²) >= 11 is 1.87. The van der Waals surface area contributed by atoms with Crippen LogP contribution >= 0.6 is 11.3 Å². The lowest BCUT2D eigenvalue weighted by molar-refractivity contribution is 0.672. The zero-order chi connectivity index (χ0) is 45.8. The van der Waals surface area contributed by atoms with E-state index >= 15 is 0 Å². The van der Waals surface area contributed by atoms with Crippen molar-refractivity contribution in [3.63, 3.8) is 0 Å². The Bertz CT molecular complexity index is 3880. The molecule has 3 nitrogen and oxygen atoms in total. The van der Waals surface area contributed by atoms with Crippen LogP contribution in [0.25, 0.3) is 98.1 Å². The third-order valence-corrected chi connectivity index (χ3v) is 15.3. The number of pyridine rings is 1. The van der Waals surface area contributed by atoms with Crippen LogP contribution in [0.1, 0.15) is 29.5 Å². The van der Waals surface area contributed by atoms with E-state index in [1.165, 1.54) is 70.1 Å². The standard InChI is InChI=1S/C65H45N3S/c1-42-55(45-18-5-2-6-19-45)41-57(67-62(42)47-20-7-3-8-21-47)46-36-32-43(33-37-46)44-34-38-49(39-35-44)64-60(61-63(48-22-9-4-10-23-48)66-56-29-14-11-28-54(56)65(61)69-64)50-24-17-25-51(40-50)68-58-30-15-12-26-52(58)53-27-13-16-31-59(53)68/h2-42,55H,1H3. The zero-order valence-electron chi connectivity index (χ0n) is 38.0. The van der Waals surface area contributed by atoms with Crippen molar-refractivity contribution in [2.24, 2.45) is 10.9 Å². The minimum absolute atomic E-state index is 0.216. The molecule has 0 aliphatic carbocycles. The molecule has 0 spiro atoms. The topological polar surface area (TPSA) is 30.2 Å². The molecule has 326 valence electrons. The predicted octanol–water partition coefficient (Wildman–Crippen LogP) is 17.5. The molecular formula is C65H45N3S. The fourth-order valence-electron chi connectivity index (χ4n) is 10.6. The monoisotopic (exact) mass is 899 g/mol. The Hall–Kier alpha value is -8.44. The molecule has 0 N–H and O–H groups in total. The number of hydrogen-bond acceptors (Lipinski definition) is 3. The largest absolute Gasteiger partial charge is 0.309 e. The van der Waals surface area contributed by atoms with Gasteiger partial charge in [0.25, 0.3) is 0 Å². The second-order valence-corrected chi connectivity index (χ2v) is 19.1. The molecule has 0 amide bonds. The molecule has 1 aliphatic heterocycles. The van der Waals surface area contributed by atoms with E-state index < -0.39 is 0 Å². The maximum Gasteiger partial charge on any atom is 0.0803 e. The fraction of sp³-hybridized carbons (Fsp3) is 0.0462. The van der Waals surface area contributed by atoms with Crippen LogP contribution in [0.5, 0.6) is 0 Å². The van der Waals surface area contributed by atoms with Crippen LogP contribution in [0.15, 0.2) is 248 Å². The quantitative estimate of drug-likeness (QED) is 0.149. The number of fused-ring (bicyclic) bond motifs is 6. The zero-order valence-corrected chi connectivity index (χ0v) is 38.8. The van der Waals surface area contributed by atoms with Crippen LogP contribution in [0.3, 0.4) is 0 Å². The first-order valence-electron chi connectivity index (χ1n) is 23.8. The average molecular weight is 900 g/mol. The third-order valence-electron chi connectivity index (χ3n) is 14.0. The lowest BCUT2D eigenvalue weighted by atomic mass is 9.79. The molecule has 2 atom stereocenters. The molecule has 9 aromatic carbocycles. The van der Waals surface area contributed by atoms with Gasteiger partial charge in [-0.3, -0.25) is 4.99 Å². The highest BCUT2D eigenvalue weighted by Gasteiger charge is 2.28. The van der Waals surface area contributed by atoms with Crippen molar-refractivity contribution < 1.29 is 0 Å². The lowest BCUT2D eigenvalue weighted by Gasteiger charge is -2.28. The molecule has 0 saturated heterocycles. The molecule has 2 unspecified atom stereocenters. The summed E-state index contributed by atoms with van der Waals surface area (Å²) in [6.07, 6.45) is 2.36. The second kappa shape index (κ2) is 17.0. The molecular weight excluding hydrogens is 855 g/mol. The van der Waals surface area contributed by atoms with Gasteiger partial charge in [0.15, 0.2) is 0 Å². The first kappa shape index (κ1) is 40.8. The normalized spacial score (nSPS) is 14.9. The molecule has 1 aliphatic rings. The van der Waals surface area contributed by atoms with Crippen molar-refractivity contribution in [2.45, 2.75) is 12.8 Å². The number of benzene rings is 9. The van der Waals surface area contributed by atoms with Crippen LogP contribution in [0.2, 0.25) is 0 Å². The van der Waals surface area contributed by atoms with Gasteiger partial charge in [-0.2, -0.15) is 0 Å². The summed E-state index contributed by atoms with van der Waals surface area (Å²) in [7, 11) is 0. The fourth-order valence-corrected chi connectivity index (χ4v) is 12.0. The van der Waals surface area contributed by atoms with E-state index in [4.69, 9.17) is 9.98 Å². The van der Waals surface area contributed by atoms with E-state index in [1.807, 2.05) is 11.3 Å². The highest BCUT2D eigenvalue weighted by atomic mass is 32.1. The van der Waals surface area contributed by atoms with Crippen molar-refractivity contribution >= 4 is 65.5 Å². The van der Waals surface area contributed by atoms with Gasteiger partial charge in [-0.25, -0.2) is 4.98 Å². The van der Waals surface area contributed by atoms with E-state index in [1.54, 1.807) is 0 Å². The van der Waals surface area contributed by atoms with Crippen molar-refractivity contribution in [2.75, 3.05) is 0 Å². The Morgan fingerprint density at radius 1 is 0.449 bits per heavy atom. The summed E-state index contributed by atoms with van der Waals surface area (Å²) in [6.45, 7) is 2.30. The molecule has 0 fully saturated rings. The average Bonchev–Trinajstić information content (AvgIpc) is 3.99. The summed E-state index contributed by atoms with van der Waals surface area (Å²) in [6, 6.07) is 85.5. The Labute approximate surface area is 405 Å². The van der Waals surface area contributed by atoms with E-state index in [-0.39, 0.29) is 11.8 Å². The minimum atomic E-state index is 0.216. The summed E-state index contributed by atoms with van der Waals surface area (Å²) in [5.74, 6) is 0.454. The Balaban J connectivity index is 0.935. The number of rotatable bonds is 8. The van der Waals surface area contributed by atoms with Crippen molar-refractivity contribution in [1.29, 1.82) is 0 Å². The third kappa shape index (κ3) is 7.11. The maximum absolute atomic E-state index is 5.45. The van der Waals surface area contributed by atoms with Gasteiger partial charge in [0.05, 0.1) is 33.7 Å². The number of allylic oxidation sites excluding steroid dienone is 1. The molecule has 3 aromatic heterocycles. The minimum Gasteiger partial charge on any atom is -0.309 e. The van der Waals surface area contributed by atoms with E-state index in [0.717, 1.165) is 50.4 Å². The Kier molecular flexibility index (Phi) is 10.1. The van der Waals surface area contributed by atoms with Gasteiger partial charge in [0.2, 0.25) is 0 Å². The second-order valence-electron chi connectivity index (χ2n) is 18.1. The number of nitrogens with zero attached hydrogens (tertiary/aromatic N) is 3. The number of thiophene rings is 1. The predicted molar refractivity (Wildman–Crippen MR) is 293 cm³/mol. The summed E-state index contributed by atoms with van der Waals surface area (Å²) < 4.78 is 3.65. The Morgan fingerprint density at radius 2 is 0.986 bits per heavy atom. The van der Waals surface area contributed by atoms with Crippen molar-refractivity contribution in [1.82, 2.24) is 9.55 Å². The van der Waals surface area contributed by atoms with Gasteiger partial charge >= 0.3 is 0 Å². The van der Waals surface area contributed by atoms with Gasteiger partial charge < -0.3 is 4.57 Å². The van der Waals surface area contributed by atoms with Crippen LogP contribution in [0, 0.1) is 5.92 Å². The van der Waals surface area contributed by atoms with Gasteiger partial charge in [-0.05, 0) is 75.4 Å². The van der Waals surface area contributed by atoms with Crippen molar-refractivity contribution in [3.8, 4) is 49.6 Å². The molecule has 4 heterocycles. The molecule has 69 heavy (non-hydrogen) atoms. The number of aliphatic imine (C=N–C) groups is 1. The smallest absolute Gasteiger partial charge is 0.0803 e. The van der Waals surface area contributed by atoms with Gasteiger partial charge in [-0.15, -0.1) is 11.3 Å². The first-order chi connectivity index (χ1) is 34.1. The number of para-hydroxylation sites is 3. The Morgan fingerprint density at radius 3 is 1.65 bits per heavy atom. The maximum atomic E-state index is 5.45. The van der Waals surface area contributed by atoms with Crippen LogP contribution in [-0.4, -0.2) is 15.3 Å². The highest BCUT2D eigenvalue weighted by Crippen LogP contribution is 2.51. The number of hydrogen-bond donors (Lipinski definition) is 0. The molecule has 0 radical (unpaired) electrons. The molecule has 4 heteroatoms. The molecule has 0 bridgehead atoms.